The Balaban J connectivity index is 1.76. The van der Waals surface area contributed by atoms with Crippen LogP contribution in [0.1, 0.15) is 24.0 Å². The average molecular weight is 293 g/mol. The van der Waals surface area contributed by atoms with Crippen LogP contribution < -0.4 is 5.32 Å². The van der Waals surface area contributed by atoms with Crippen LogP contribution in [0.25, 0.3) is 0 Å². The molecule has 108 valence electrons. The van der Waals surface area contributed by atoms with E-state index in [4.69, 9.17) is 4.52 Å². The fraction of sp³-hybridized carbons (Fsp3) is 0.429. The van der Waals surface area contributed by atoms with Crippen LogP contribution in [0.4, 0.5) is 5.82 Å². The predicted molar refractivity (Wildman–Crippen MR) is 79.8 cm³/mol. The number of rotatable bonds is 7. The van der Waals surface area contributed by atoms with Crippen molar-refractivity contribution in [3.63, 3.8) is 0 Å². The smallest absolute Gasteiger partial charge is 0.226 e. The van der Waals surface area contributed by atoms with Gasteiger partial charge in [0.1, 0.15) is 5.76 Å². The predicted octanol–water partition coefficient (Wildman–Crippen LogP) is 2.90. The van der Waals surface area contributed by atoms with Crippen molar-refractivity contribution in [1.82, 2.24) is 10.1 Å². The third kappa shape index (κ3) is 4.47. The van der Waals surface area contributed by atoms with Crippen LogP contribution in [0, 0.1) is 6.92 Å². The van der Waals surface area contributed by atoms with Gasteiger partial charge in [0.25, 0.3) is 0 Å². The molecule has 2 aromatic heterocycles. The van der Waals surface area contributed by atoms with Crippen molar-refractivity contribution in [2.45, 2.75) is 26.8 Å². The van der Waals surface area contributed by atoms with Crippen molar-refractivity contribution in [3.05, 3.63) is 34.2 Å². The number of hydrogen-bond donors (Lipinski definition) is 1. The Hall–Kier alpha value is -1.66. The maximum absolute atomic E-state index is 11.8. The summed E-state index contributed by atoms with van der Waals surface area (Å²) in [5.74, 6) is 1.13. The zero-order valence-corrected chi connectivity index (χ0v) is 12.6. The number of carbonyl (C=O) groups is 1. The van der Waals surface area contributed by atoms with Crippen LogP contribution in [0.5, 0.6) is 0 Å². The summed E-state index contributed by atoms with van der Waals surface area (Å²) in [6.07, 6.45) is 0.450. The highest BCUT2D eigenvalue weighted by molar-refractivity contribution is 7.09. The summed E-state index contributed by atoms with van der Waals surface area (Å²) < 4.78 is 4.91. The molecule has 0 aliphatic rings. The van der Waals surface area contributed by atoms with Crippen molar-refractivity contribution in [2.75, 3.05) is 18.4 Å². The summed E-state index contributed by atoms with van der Waals surface area (Å²) in [5, 5.41) is 8.55. The lowest BCUT2D eigenvalue weighted by Gasteiger charge is -2.18. The Labute approximate surface area is 122 Å². The molecule has 6 heteroatoms. The number of carbonyl (C=O) groups excluding carboxylic acids is 1. The lowest BCUT2D eigenvalue weighted by molar-refractivity contribution is -0.116. The van der Waals surface area contributed by atoms with E-state index in [1.54, 1.807) is 24.3 Å². The fourth-order valence-corrected chi connectivity index (χ4v) is 2.61. The number of amides is 1. The Morgan fingerprint density at radius 3 is 3.00 bits per heavy atom. The van der Waals surface area contributed by atoms with Gasteiger partial charge < -0.3 is 9.84 Å². The first-order chi connectivity index (χ1) is 9.67. The molecule has 0 spiro atoms. The monoisotopic (exact) mass is 293 g/mol. The second-order valence-corrected chi connectivity index (χ2v) is 5.60. The molecular formula is C14H19N3O2S. The Morgan fingerprint density at radius 2 is 2.40 bits per heavy atom. The van der Waals surface area contributed by atoms with E-state index < -0.39 is 0 Å². The maximum Gasteiger partial charge on any atom is 0.226 e. The van der Waals surface area contributed by atoms with Crippen LogP contribution in [0.3, 0.4) is 0 Å². The molecule has 0 unspecified atom stereocenters. The maximum atomic E-state index is 11.8. The fourth-order valence-electron chi connectivity index (χ4n) is 1.86. The van der Waals surface area contributed by atoms with Crippen molar-refractivity contribution in [1.29, 1.82) is 0 Å². The Morgan fingerprint density at radius 1 is 1.55 bits per heavy atom. The molecule has 1 amide bonds. The van der Waals surface area contributed by atoms with E-state index in [0.717, 1.165) is 19.6 Å². The quantitative estimate of drug-likeness (QED) is 0.852. The van der Waals surface area contributed by atoms with Crippen LogP contribution in [-0.4, -0.2) is 29.1 Å². The van der Waals surface area contributed by atoms with Gasteiger partial charge in [0.05, 0.1) is 0 Å². The molecule has 0 saturated carbocycles. The minimum Gasteiger partial charge on any atom is -0.360 e. The van der Waals surface area contributed by atoms with Crippen LogP contribution in [-0.2, 0) is 11.3 Å². The van der Waals surface area contributed by atoms with Gasteiger partial charge in [-0.05, 0) is 24.9 Å². The number of nitrogens with zero attached hydrogens (tertiary/aromatic N) is 2. The van der Waals surface area contributed by atoms with Gasteiger partial charge in [0.2, 0.25) is 5.91 Å². The Bertz CT molecular complexity index is 536. The number of aromatic nitrogens is 1. The molecule has 0 aromatic carbocycles. The summed E-state index contributed by atoms with van der Waals surface area (Å²) >= 11 is 1.74. The van der Waals surface area contributed by atoms with Gasteiger partial charge in [-0.2, -0.15) is 0 Å². The van der Waals surface area contributed by atoms with Gasteiger partial charge in [-0.3, -0.25) is 9.69 Å². The van der Waals surface area contributed by atoms with Crippen molar-refractivity contribution < 1.29 is 9.32 Å². The van der Waals surface area contributed by atoms with E-state index in [9.17, 15) is 4.79 Å². The van der Waals surface area contributed by atoms with Crippen LogP contribution in [0.15, 0.2) is 28.1 Å². The minimum absolute atomic E-state index is 0.0390. The topological polar surface area (TPSA) is 58.4 Å². The van der Waals surface area contributed by atoms with Gasteiger partial charge >= 0.3 is 0 Å². The largest absolute Gasteiger partial charge is 0.360 e. The van der Waals surface area contributed by atoms with Gasteiger partial charge in [-0.15, -0.1) is 11.3 Å². The first-order valence-corrected chi connectivity index (χ1v) is 7.53. The van der Waals surface area contributed by atoms with Crippen LogP contribution >= 0.6 is 11.3 Å². The summed E-state index contributed by atoms with van der Waals surface area (Å²) in [4.78, 5) is 15.4. The number of anilines is 1. The van der Waals surface area contributed by atoms with E-state index in [1.807, 2.05) is 6.07 Å². The van der Waals surface area contributed by atoms with Crippen LogP contribution in [0.2, 0.25) is 0 Å². The molecule has 0 bridgehead atoms. The molecular weight excluding hydrogens is 274 g/mol. The number of thiophene rings is 1. The zero-order chi connectivity index (χ0) is 14.4. The Kier molecular flexibility index (Phi) is 5.31. The van der Waals surface area contributed by atoms with Gasteiger partial charge in [-0.25, -0.2) is 0 Å². The molecule has 0 radical (unpaired) electrons. The zero-order valence-electron chi connectivity index (χ0n) is 11.8. The summed E-state index contributed by atoms with van der Waals surface area (Å²) in [7, 11) is 0. The molecule has 20 heavy (non-hydrogen) atoms. The van der Waals surface area contributed by atoms with Crippen molar-refractivity contribution in [3.8, 4) is 0 Å². The molecule has 1 N–H and O–H groups in total. The molecule has 5 nitrogen and oxygen atoms in total. The van der Waals surface area contributed by atoms with Crippen molar-refractivity contribution >= 4 is 23.1 Å². The summed E-state index contributed by atoms with van der Waals surface area (Å²) in [6, 6.07) is 5.88. The highest BCUT2D eigenvalue weighted by Crippen LogP contribution is 2.12. The molecule has 2 rings (SSSR count). The summed E-state index contributed by atoms with van der Waals surface area (Å²) in [6.45, 7) is 6.45. The van der Waals surface area contributed by atoms with E-state index in [-0.39, 0.29) is 5.91 Å². The second kappa shape index (κ2) is 7.21. The molecule has 0 saturated heterocycles. The third-order valence-electron chi connectivity index (χ3n) is 2.96. The van der Waals surface area contributed by atoms with E-state index in [0.29, 0.717) is 18.0 Å². The molecule has 0 aliphatic carbocycles. The first kappa shape index (κ1) is 14.7. The first-order valence-electron chi connectivity index (χ1n) is 6.65. The SMILES string of the molecule is CCN(CCC(=O)Nc1cc(C)on1)Cc1cccs1. The molecule has 0 aliphatic heterocycles. The number of nitrogens with one attached hydrogen (secondary N) is 1. The average Bonchev–Trinajstić information content (AvgIpc) is 3.06. The van der Waals surface area contributed by atoms with E-state index in [1.165, 1.54) is 4.88 Å². The normalized spacial score (nSPS) is 10.9. The number of hydrogen-bond acceptors (Lipinski definition) is 5. The lowest BCUT2D eigenvalue weighted by Crippen LogP contribution is -2.27. The highest BCUT2D eigenvalue weighted by Gasteiger charge is 2.10. The lowest BCUT2D eigenvalue weighted by atomic mass is 10.3. The number of aryl methyl sites for hydroxylation is 1. The molecule has 0 atom stereocenters. The highest BCUT2D eigenvalue weighted by atomic mass is 32.1. The standard InChI is InChI=1S/C14H19N3O2S/c1-3-17(10-12-5-4-8-20-12)7-6-14(18)15-13-9-11(2)19-16-13/h4-5,8-9H,3,6-7,10H2,1-2H3,(H,15,16,18). The second-order valence-electron chi connectivity index (χ2n) is 4.57. The van der Waals surface area contributed by atoms with E-state index in [2.05, 4.69) is 33.7 Å². The van der Waals surface area contributed by atoms with Gasteiger partial charge in [0.15, 0.2) is 5.82 Å². The molecule has 2 heterocycles. The van der Waals surface area contributed by atoms with Crippen molar-refractivity contribution in [2.24, 2.45) is 0 Å². The molecule has 2 aromatic rings. The minimum atomic E-state index is -0.0390. The summed E-state index contributed by atoms with van der Waals surface area (Å²) in [5.41, 5.74) is 0. The third-order valence-corrected chi connectivity index (χ3v) is 3.82. The van der Waals surface area contributed by atoms with Gasteiger partial charge in [0, 0.05) is 30.5 Å². The van der Waals surface area contributed by atoms with Gasteiger partial charge in [-0.1, -0.05) is 18.1 Å². The molecule has 0 fully saturated rings. The van der Waals surface area contributed by atoms with E-state index >= 15 is 0 Å².